The fourth-order valence-electron chi connectivity index (χ4n) is 10.9. The van der Waals surface area contributed by atoms with Crippen molar-refractivity contribution in [2.45, 2.75) is 151 Å². The van der Waals surface area contributed by atoms with Crippen molar-refractivity contribution in [1.82, 2.24) is 78.1 Å². The first kappa shape index (κ1) is 74.2. The number of thiol groups is 1. The second-order valence-corrected chi connectivity index (χ2v) is 42.0. The van der Waals surface area contributed by atoms with E-state index < -0.39 is 158 Å². The van der Waals surface area contributed by atoms with Crippen LogP contribution < -0.4 is 22.9 Å². The molecule has 0 aliphatic carbocycles. The van der Waals surface area contributed by atoms with Gasteiger partial charge < -0.3 is 89.1 Å². The fourth-order valence-corrected chi connectivity index (χ4v) is 19.0. The lowest BCUT2D eigenvalue weighted by Gasteiger charge is -2.40. The van der Waals surface area contributed by atoms with Gasteiger partial charge in [0.1, 0.15) is 120 Å². The van der Waals surface area contributed by atoms with E-state index in [-0.39, 0.29) is 54.3 Å². The highest BCUT2D eigenvalue weighted by molar-refractivity contribution is 8.44. The van der Waals surface area contributed by atoms with Gasteiger partial charge in [0.05, 0.1) is 38.5 Å². The van der Waals surface area contributed by atoms with Crippen molar-refractivity contribution < 1.29 is 84.3 Å². The van der Waals surface area contributed by atoms with Crippen LogP contribution in [-0.4, -0.2) is 204 Å². The quantitative estimate of drug-likeness (QED) is 0.0466. The largest absolute Gasteiger partial charge is 0.406 e. The Morgan fingerprint density at radius 1 is 0.557 bits per heavy atom. The average Bonchev–Trinajstić information content (AvgIpc) is 1.63. The highest BCUT2D eigenvalue weighted by Gasteiger charge is 2.58. The molecule has 0 saturated carbocycles. The van der Waals surface area contributed by atoms with Crippen LogP contribution in [0.25, 0.3) is 44.7 Å². The number of nitrogen functional groups attached to an aromatic ring is 4. The molecule has 14 heterocycles. The summed E-state index contributed by atoms with van der Waals surface area (Å²) in [6.07, 6.45) is -6.60. The number of nitrogens with two attached hydrogens (primary N) is 4. The van der Waals surface area contributed by atoms with Gasteiger partial charge in [-0.3, -0.25) is 31.8 Å². The molecule has 14 rings (SSSR count). The Morgan fingerprint density at radius 3 is 1.34 bits per heavy atom. The Kier molecular flexibility index (Phi) is 21.4. The molecule has 0 aromatic carbocycles. The molecule has 38 nitrogen and oxygen atoms in total. The van der Waals surface area contributed by atoms with Crippen LogP contribution in [0.2, 0.25) is 18.1 Å². The zero-order valence-electron chi connectivity index (χ0n) is 49.9. The van der Waals surface area contributed by atoms with Crippen LogP contribution in [-0.2, 0) is 100.0 Å². The van der Waals surface area contributed by atoms with Crippen LogP contribution in [0.5, 0.6) is 0 Å². The average molecular weight is 1560 g/mol. The summed E-state index contributed by atoms with van der Waals surface area (Å²) >= 11 is 34.4. The molecule has 6 fully saturated rings. The summed E-state index contributed by atoms with van der Waals surface area (Å²) in [6, 6.07) is 0. The third kappa shape index (κ3) is 14.6. The Balaban J connectivity index is 0.000000195. The number of imidazole rings is 4. The number of aliphatic hydroxyl groups is 1. The molecule has 0 spiro atoms. The van der Waals surface area contributed by atoms with Crippen molar-refractivity contribution in [1.29, 1.82) is 0 Å². The van der Waals surface area contributed by atoms with Crippen LogP contribution in [0, 0.1) is 0 Å². The van der Waals surface area contributed by atoms with Gasteiger partial charge in [0, 0.05) is 0 Å². The molecule has 8 aromatic rings. The Labute approximate surface area is 582 Å². The van der Waals surface area contributed by atoms with E-state index in [4.69, 9.17) is 142 Å². The maximum absolute atomic E-state index is 14.2. The summed E-state index contributed by atoms with van der Waals surface area (Å²) in [5.41, 5.74) is 26.3. The minimum Gasteiger partial charge on any atom is -0.406 e. The molecule has 6 aliphatic heterocycles. The molecule has 6 aliphatic rings. The first-order valence-electron chi connectivity index (χ1n) is 28.3. The van der Waals surface area contributed by atoms with E-state index in [9.17, 15) is 24.4 Å². The molecule has 0 radical (unpaired) electrons. The number of nitrogens with zero attached hydrogens (tertiary/aromatic N) is 16. The summed E-state index contributed by atoms with van der Waals surface area (Å²) < 4.78 is 99.4. The van der Waals surface area contributed by atoms with Crippen LogP contribution in [0.1, 0.15) is 60.5 Å². The Morgan fingerprint density at radius 2 is 0.928 bits per heavy atom. The Bertz CT molecular complexity index is 4440. The van der Waals surface area contributed by atoms with E-state index in [0.717, 1.165) is 0 Å². The lowest BCUT2D eigenvalue weighted by atomic mass is 10.2. The fraction of sp³-hybridized carbons (Fsp3) is 0.583. The minimum absolute atomic E-state index is 0. The van der Waals surface area contributed by atoms with Crippen molar-refractivity contribution in [2.75, 3.05) is 48.8 Å². The first-order valence-corrected chi connectivity index (χ1v) is 43.1. The molecule has 97 heavy (non-hydrogen) atoms. The zero-order valence-corrected chi connectivity index (χ0v) is 59.3. The maximum atomic E-state index is 14.2. The lowest BCUT2D eigenvalue weighted by Crippen LogP contribution is -2.50. The number of aromatic nitrogens is 16. The minimum atomic E-state index is -4.29. The molecule has 4 bridgehead atoms. The van der Waals surface area contributed by atoms with E-state index >= 15 is 0 Å². The molecule has 20 atom stereocenters. The molecule has 8 aromatic heterocycles. The van der Waals surface area contributed by atoms with Crippen LogP contribution in [0.4, 0.5) is 23.3 Å². The molecule has 12 N–H and O–H groups in total. The van der Waals surface area contributed by atoms with Crippen LogP contribution >= 0.6 is 62.0 Å². The van der Waals surface area contributed by atoms with Crippen LogP contribution in [0.15, 0.2) is 50.6 Å². The number of alkyl halides is 2. The van der Waals surface area contributed by atoms with E-state index in [1.165, 1.54) is 59.8 Å². The topological polar surface area (TPSA) is 496 Å². The zero-order chi connectivity index (χ0) is 67.6. The summed E-state index contributed by atoms with van der Waals surface area (Å²) in [7, 11) is -2.62. The van der Waals surface area contributed by atoms with Crippen molar-refractivity contribution in [3.8, 4) is 0 Å². The van der Waals surface area contributed by atoms with E-state index in [1.54, 1.807) is 9.13 Å². The number of aliphatic hydroxyl groups excluding tert-OH is 1. The smallest absolute Gasteiger partial charge is 0.386 e. The molecule has 0 amide bonds. The number of anilines is 4. The van der Waals surface area contributed by atoms with E-state index in [2.05, 4.69) is 92.8 Å². The number of hydrogen-bond acceptors (Lipinski definition) is 34. The summed E-state index contributed by atoms with van der Waals surface area (Å²) in [5, 5.41) is 8.89. The highest BCUT2D eigenvalue weighted by atomic mass is 35.5. The van der Waals surface area contributed by atoms with Gasteiger partial charge >= 0.3 is 13.5 Å². The second kappa shape index (κ2) is 28.0. The molecule has 6 saturated heterocycles. The van der Waals surface area contributed by atoms with Gasteiger partial charge in [-0.25, -0.2) is 64.4 Å². The maximum Gasteiger partial charge on any atom is 0.386 e. The third-order valence-corrected chi connectivity index (χ3v) is 28.2. The predicted octanol–water partition coefficient (Wildman–Crippen LogP) is 4.81. The van der Waals surface area contributed by atoms with Gasteiger partial charge in [-0.1, -0.05) is 47.9 Å². The van der Waals surface area contributed by atoms with Crippen molar-refractivity contribution >= 4 is 174 Å². The SMILES string of the molecule is C.C.CC(C)(C)[Si](C)(C)O[C@@H]1[C@H]2OCP(O)(=S)O[C@H]3[C@@H](Cl)[C@H](n4cnc5c(N)ncnc54)O[C@@H]3COP(=O)(S)O[C@H]1[C@H](n1cnc3c(N)ncnc31)O2.Nc1ncnc2c1ncn2[C@@H]1O[C@@H]2COP(O)(=S)O[C@@H]3[C@H](O)[C@@H](OCP(O)(=S)O[C@H]2[C@H]1Cl)O[C@H]3n1cnc2c(N)ncnc21. The third-order valence-electron chi connectivity index (χ3n) is 16.4. The number of halogens is 2. The van der Waals surface area contributed by atoms with Gasteiger partial charge in [-0.05, 0) is 53.6 Å². The predicted molar refractivity (Wildman–Crippen MR) is 365 cm³/mol. The van der Waals surface area contributed by atoms with Gasteiger partial charge in [0.15, 0.2) is 91.7 Å². The highest BCUT2D eigenvalue weighted by Crippen LogP contribution is 2.60. The summed E-state index contributed by atoms with van der Waals surface area (Å²) in [4.78, 5) is 83.7. The van der Waals surface area contributed by atoms with Crippen LogP contribution in [0.3, 0.4) is 0 Å². The first-order chi connectivity index (χ1) is 44.8. The standard InChI is InChI=1S/C26H37ClN10O9P2S2Si.C20H23ClN10O9P2S2.2CH4/c1-26(2,3)51(4,5)46-18-17-24(37-10-35-15-20(29)31-8-33-22(15)37)43-25(18)40-11-47(38,49)44-16-12(6-41-48(39,50)45-17)42-23(13(16)27)36-9-34-14-19(28)30-7-32-21(14)36;21-8-12-7(37-18(8)30-4-28-9-14(22)24-2-26-16(9)30)1-36-42(34,44)40-13-11(32)20(35-6-41(33,43)39-12)38-19(13)31-5-29-10-15(23)25-3-27-17(10)31;;/h7-10,12-13,16-18,23-25H,6,11H2,1-5H3,(H,38,49)(H,39,50)(H2,28,30,32)(H2,29,31,33);2-5,7-8,11-13,18-20,32H,1,6H2,(H,33,43)(H,34,44)(H2,22,24,26)(H2,23,25,27);2*1H4/t12-,13-,16-,17-,18+,23-,24-,25+,47?,48?;7-,8-,11+,12-,13-,18-,19-,20+,41?,42?;;/m11../s1. The van der Waals surface area contributed by atoms with Crippen molar-refractivity contribution in [3.05, 3.63) is 50.6 Å². The van der Waals surface area contributed by atoms with Gasteiger partial charge in [-0.15, -0.1) is 23.2 Å². The Hall–Kier alpha value is -3.95. The number of ether oxygens (including phenoxy) is 6. The summed E-state index contributed by atoms with van der Waals surface area (Å²) in [6.45, 7) is -6.61. The summed E-state index contributed by atoms with van der Waals surface area (Å²) in [5.74, 6) is 0.557. The second-order valence-electron chi connectivity index (χ2n) is 23.6. The molecule has 49 heteroatoms. The molecular weight excluding hydrogens is 1500 g/mol. The molecule has 530 valence electrons. The monoisotopic (exact) mass is 1560 g/mol. The lowest BCUT2D eigenvalue weighted by molar-refractivity contribution is -0.167. The molecule has 4 unspecified atom stereocenters. The van der Waals surface area contributed by atoms with Gasteiger partial charge in [-0.2, -0.15) is 0 Å². The molecular formula is C48H68Cl2N20O18P4S4Si. The normalized spacial score (nSPS) is 36.0. The number of fused-ring (bicyclic) bond motifs is 10. The van der Waals surface area contributed by atoms with E-state index in [0.29, 0.717) is 33.5 Å². The van der Waals surface area contributed by atoms with Crippen molar-refractivity contribution in [2.24, 2.45) is 0 Å². The van der Waals surface area contributed by atoms with Gasteiger partial charge in [0.2, 0.25) is 13.0 Å². The number of hydrogen-bond donors (Lipinski definition) is 9. The van der Waals surface area contributed by atoms with Crippen molar-refractivity contribution in [3.63, 3.8) is 0 Å². The van der Waals surface area contributed by atoms with E-state index in [1.807, 2.05) is 13.1 Å². The van der Waals surface area contributed by atoms with Gasteiger partial charge in [0.25, 0.3) is 0 Å². The number of rotatable bonds is 6.